The lowest BCUT2D eigenvalue weighted by atomic mass is 10.0. The Balaban J connectivity index is 1.22. The van der Waals surface area contributed by atoms with Crippen LogP contribution in [-0.4, -0.2) is 4.57 Å². The highest BCUT2D eigenvalue weighted by Crippen LogP contribution is 2.45. The molecule has 2 nitrogen and oxygen atoms in total. The van der Waals surface area contributed by atoms with Crippen molar-refractivity contribution in [3.05, 3.63) is 194 Å². The predicted molar refractivity (Wildman–Crippen MR) is 219 cm³/mol. The fraction of sp³-hybridized carbons (Fsp3) is 0. The van der Waals surface area contributed by atoms with E-state index in [1.54, 1.807) is 0 Å². The Morgan fingerprint density at radius 3 is 1.49 bits per heavy atom. The molecule has 2 heterocycles. The lowest BCUT2D eigenvalue weighted by Gasteiger charge is -2.26. The molecule has 240 valence electrons. The van der Waals surface area contributed by atoms with E-state index in [9.17, 15) is 0 Å². The lowest BCUT2D eigenvalue weighted by molar-refractivity contribution is 1.18. The molecule has 0 fully saturated rings. The highest BCUT2D eigenvalue weighted by molar-refractivity contribution is 7.26. The zero-order chi connectivity index (χ0) is 33.7. The van der Waals surface area contributed by atoms with Crippen LogP contribution in [0.5, 0.6) is 0 Å². The van der Waals surface area contributed by atoms with E-state index < -0.39 is 0 Å². The molecule has 8 aromatic carbocycles. The van der Waals surface area contributed by atoms with Gasteiger partial charge in [0.15, 0.2) is 0 Å². The van der Waals surface area contributed by atoms with Crippen molar-refractivity contribution in [1.82, 2.24) is 4.57 Å². The van der Waals surface area contributed by atoms with Gasteiger partial charge in [-0.05, 0) is 95.1 Å². The highest BCUT2D eigenvalue weighted by Gasteiger charge is 2.20. The molecule has 0 amide bonds. The van der Waals surface area contributed by atoms with Gasteiger partial charge in [-0.25, -0.2) is 0 Å². The number of anilines is 3. The molecule has 3 heteroatoms. The molecular formula is C48H32N2S. The van der Waals surface area contributed by atoms with E-state index >= 15 is 0 Å². The summed E-state index contributed by atoms with van der Waals surface area (Å²) in [6.45, 7) is 0. The molecule has 0 atom stereocenters. The third kappa shape index (κ3) is 5.01. The number of benzene rings is 8. The Hall–Kier alpha value is -6.42. The second-order valence-corrected chi connectivity index (χ2v) is 14.0. The topological polar surface area (TPSA) is 8.17 Å². The summed E-state index contributed by atoms with van der Waals surface area (Å²) in [7, 11) is 0. The molecule has 0 radical (unpaired) electrons. The number of fused-ring (bicyclic) bond motifs is 7. The van der Waals surface area contributed by atoms with Crippen LogP contribution in [0.1, 0.15) is 0 Å². The van der Waals surface area contributed by atoms with E-state index in [4.69, 9.17) is 0 Å². The summed E-state index contributed by atoms with van der Waals surface area (Å²) in [6, 6.07) is 70.3. The number of thiophene rings is 1. The smallest absolute Gasteiger partial charge is 0.0548 e. The summed E-state index contributed by atoms with van der Waals surface area (Å²) in [4.78, 5) is 2.39. The Kier molecular flexibility index (Phi) is 7.04. The van der Waals surface area contributed by atoms with E-state index in [2.05, 4.69) is 204 Å². The molecule has 51 heavy (non-hydrogen) atoms. The molecular weight excluding hydrogens is 637 g/mol. The molecule has 0 bridgehead atoms. The summed E-state index contributed by atoms with van der Waals surface area (Å²) >= 11 is 1.87. The molecule has 2 aromatic heterocycles. The van der Waals surface area contributed by atoms with Crippen LogP contribution in [0, 0.1) is 0 Å². The minimum absolute atomic E-state index is 1.11. The van der Waals surface area contributed by atoms with E-state index in [0.717, 1.165) is 22.7 Å². The van der Waals surface area contributed by atoms with Gasteiger partial charge in [-0.1, -0.05) is 121 Å². The van der Waals surface area contributed by atoms with Gasteiger partial charge >= 0.3 is 0 Å². The average molecular weight is 669 g/mol. The van der Waals surface area contributed by atoms with Gasteiger partial charge in [0.1, 0.15) is 0 Å². The van der Waals surface area contributed by atoms with Gasteiger partial charge in [0, 0.05) is 53.7 Å². The van der Waals surface area contributed by atoms with Crippen molar-refractivity contribution in [3.8, 4) is 27.9 Å². The second kappa shape index (κ2) is 12.2. The molecule has 10 rings (SSSR count). The fourth-order valence-corrected chi connectivity index (χ4v) is 8.74. The van der Waals surface area contributed by atoms with Crippen LogP contribution >= 0.6 is 11.3 Å². The van der Waals surface area contributed by atoms with Gasteiger partial charge in [0.05, 0.1) is 11.0 Å². The summed E-state index contributed by atoms with van der Waals surface area (Å²) in [6.07, 6.45) is 0. The zero-order valence-electron chi connectivity index (χ0n) is 27.8. The maximum atomic E-state index is 2.42. The molecule has 0 saturated heterocycles. The van der Waals surface area contributed by atoms with Crippen LogP contribution in [0.2, 0.25) is 0 Å². The van der Waals surface area contributed by atoms with Gasteiger partial charge in [-0.2, -0.15) is 0 Å². The van der Waals surface area contributed by atoms with Crippen LogP contribution in [0.15, 0.2) is 194 Å². The summed E-state index contributed by atoms with van der Waals surface area (Å²) in [5.74, 6) is 0. The molecule has 0 N–H and O–H groups in total. The molecule has 0 saturated carbocycles. The van der Waals surface area contributed by atoms with Crippen molar-refractivity contribution < 1.29 is 0 Å². The molecule has 0 aliphatic rings. The molecule has 0 aliphatic heterocycles. The van der Waals surface area contributed by atoms with E-state index in [1.165, 1.54) is 64.2 Å². The number of rotatable bonds is 6. The van der Waals surface area contributed by atoms with Gasteiger partial charge in [-0.15, -0.1) is 11.3 Å². The number of aromatic nitrogens is 1. The maximum absolute atomic E-state index is 2.42. The zero-order valence-corrected chi connectivity index (χ0v) is 28.6. The second-order valence-electron chi connectivity index (χ2n) is 13.0. The summed E-state index contributed by atoms with van der Waals surface area (Å²) in [5.41, 5.74) is 11.7. The van der Waals surface area contributed by atoms with Gasteiger partial charge in [-0.3, -0.25) is 0 Å². The predicted octanol–water partition coefficient (Wildman–Crippen LogP) is 14.0. The Morgan fingerprint density at radius 1 is 0.353 bits per heavy atom. The Labute approximate surface area is 300 Å². The highest BCUT2D eigenvalue weighted by atomic mass is 32.1. The minimum Gasteiger partial charge on any atom is -0.310 e. The standard InChI is InChI=1S/C48H32N2S/c1-4-12-33(13-5-1)35-20-24-38(25-21-35)49(39-26-22-36(23-27-39)34-14-6-2-7-15-34)40-28-29-43-42(32-40)47-44(50(43)37-16-8-3-9-17-37)30-31-46-48(47)41-18-10-11-19-45(41)51-46/h1-32H. The Morgan fingerprint density at radius 2 is 0.863 bits per heavy atom. The number of para-hydroxylation sites is 1. The third-order valence-corrected chi connectivity index (χ3v) is 11.1. The van der Waals surface area contributed by atoms with Crippen molar-refractivity contribution in [2.45, 2.75) is 0 Å². The van der Waals surface area contributed by atoms with Crippen molar-refractivity contribution in [3.63, 3.8) is 0 Å². The first-order valence-electron chi connectivity index (χ1n) is 17.4. The minimum atomic E-state index is 1.11. The molecule has 0 aliphatic carbocycles. The van der Waals surface area contributed by atoms with Gasteiger partial charge in [0.2, 0.25) is 0 Å². The SMILES string of the molecule is c1ccc(-c2ccc(N(c3ccc(-c4ccccc4)cc3)c3ccc4c(c3)c3c5c(ccc3n4-c3ccccc3)sc3ccccc35)cc2)cc1. The van der Waals surface area contributed by atoms with Gasteiger partial charge < -0.3 is 9.47 Å². The van der Waals surface area contributed by atoms with Crippen molar-refractivity contribution >= 4 is 70.4 Å². The van der Waals surface area contributed by atoms with Crippen LogP contribution in [0.3, 0.4) is 0 Å². The van der Waals surface area contributed by atoms with Crippen LogP contribution in [0.25, 0.3) is 69.9 Å². The van der Waals surface area contributed by atoms with E-state index in [0.29, 0.717) is 0 Å². The molecule has 0 spiro atoms. The normalized spacial score (nSPS) is 11.5. The molecule has 10 aromatic rings. The largest absolute Gasteiger partial charge is 0.310 e. The number of nitrogens with zero attached hydrogens (tertiary/aromatic N) is 2. The van der Waals surface area contributed by atoms with E-state index in [1.807, 2.05) is 11.3 Å². The maximum Gasteiger partial charge on any atom is 0.0548 e. The van der Waals surface area contributed by atoms with Crippen molar-refractivity contribution in [2.24, 2.45) is 0 Å². The first kappa shape index (κ1) is 29.5. The monoisotopic (exact) mass is 668 g/mol. The van der Waals surface area contributed by atoms with Crippen LogP contribution in [0.4, 0.5) is 17.1 Å². The van der Waals surface area contributed by atoms with Crippen molar-refractivity contribution in [1.29, 1.82) is 0 Å². The summed E-state index contributed by atoms with van der Waals surface area (Å²) < 4.78 is 5.05. The Bertz CT molecular complexity index is 2730. The van der Waals surface area contributed by atoms with Gasteiger partial charge in [0.25, 0.3) is 0 Å². The fourth-order valence-electron chi connectivity index (χ4n) is 7.62. The van der Waals surface area contributed by atoms with Crippen molar-refractivity contribution in [2.75, 3.05) is 4.90 Å². The lowest BCUT2D eigenvalue weighted by Crippen LogP contribution is -2.10. The quantitative estimate of drug-likeness (QED) is 0.171. The molecule has 0 unspecified atom stereocenters. The third-order valence-electron chi connectivity index (χ3n) is 9.99. The number of hydrogen-bond donors (Lipinski definition) is 0. The average Bonchev–Trinajstić information content (AvgIpc) is 3.75. The summed E-state index contributed by atoms with van der Waals surface area (Å²) in [5, 5.41) is 5.18. The number of hydrogen-bond acceptors (Lipinski definition) is 2. The first-order chi connectivity index (χ1) is 25.3. The first-order valence-corrected chi connectivity index (χ1v) is 18.2. The van der Waals surface area contributed by atoms with Crippen LogP contribution in [-0.2, 0) is 0 Å². The van der Waals surface area contributed by atoms with Crippen LogP contribution < -0.4 is 4.90 Å². The van der Waals surface area contributed by atoms with E-state index in [-0.39, 0.29) is 0 Å².